The lowest BCUT2D eigenvalue weighted by atomic mass is 9.41. The Kier molecular flexibility index (Phi) is 7.29. The Bertz CT molecular complexity index is 1020. The summed E-state index contributed by atoms with van der Waals surface area (Å²) in [6.45, 7) is 10.7. The Morgan fingerprint density at radius 1 is 1.13 bits per heavy atom. The summed E-state index contributed by atoms with van der Waals surface area (Å²) in [5.74, 6) is -1.97. The third-order valence-electron chi connectivity index (χ3n) is 10.6. The Hall–Kier alpha value is -2.17. The van der Waals surface area contributed by atoms with Crippen molar-refractivity contribution in [1.82, 2.24) is 0 Å². The summed E-state index contributed by atoms with van der Waals surface area (Å²) in [7, 11) is 0. The molecule has 0 radical (unpaired) electrons. The first-order chi connectivity index (χ1) is 18.4. The Morgan fingerprint density at radius 2 is 1.85 bits per heavy atom. The Balaban J connectivity index is 1.62. The molecule has 1 spiro atoms. The summed E-state index contributed by atoms with van der Waals surface area (Å²) < 4.78 is 36.2. The van der Waals surface area contributed by atoms with Gasteiger partial charge in [0.05, 0.1) is 36.4 Å². The fourth-order valence-corrected chi connectivity index (χ4v) is 8.01. The van der Waals surface area contributed by atoms with Gasteiger partial charge in [0.1, 0.15) is 18.3 Å². The van der Waals surface area contributed by atoms with Crippen molar-refractivity contribution in [2.75, 3.05) is 13.2 Å². The number of hydrogen-bond acceptors (Lipinski definition) is 10. The van der Waals surface area contributed by atoms with Crippen LogP contribution in [0.1, 0.15) is 67.2 Å². The van der Waals surface area contributed by atoms with Crippen molar-refractivity contribution in [3.63, 3.8) is 0 Å². The van der Waals surface area contributed by atoms with Gasteiger partial charge in [-0.2, -0.15) is 0 Å². The van der Waals surface area contributed by atoms with E-state index in [1.165, 1.54) is 13.8 Å². The van der Waals surface area contributed by atoms with Gasteiger partial charge in [0.2, 0.25) is 6.29 Å². The lowest BCUT2D eigenvalue weighted by molar-refractivity contribution is -0.284. The van der Waals surface area contributed by atoms with Crippen LogP contribution in [0.2, 0.25) is 0 Å². The number of rotatable bonds is 7. The second kappa shape index (κ2) is 10.0. The molecule has 2 aliphatic carbocycles. The highest BCUT2D eigenvalue weighted by atomic mass is 16.7. The van der Waals surface area contributed by atoms with E-state index in [4.69, 9.17) is 28.4 Å². The zero-order valence-corrected chi connectivity index (χ0v) is 23.7. The van der Waals surface area contributed by atoms with Crippen LogP contribution in [-0.4, -0.2) is 72.5 Å². The number of aliphatic hydroxyl groups is 1. The Morgan fingerprint density at radius 3 is 2.44 bits per heavy atom. The maximum Gasteiger partial charge on any atom is 0.309 e. The molecule has 3 heterocycles. The molecular weight excluding hydrogens is 508 g/mol. The second-order valence-electron chi connectivity index (χ2n) is 12.5. The minimum atomic E-state index is -1.19. The van der Waals surface area contributed by atoms with Crippen LogP contribution in [0.5, 0.6) is 0 Å². The van der Waals surface area contributed by atoms with Gasteiger partial charge in [0.15, 0.2) is 6.10 Å². The molecule has 2 saturated carbocycles. The van der Waals surface area contributed by atoms with Gasteiger partial charge >= 0.3 is 17.9 Å². The molecule has 5 rings (SSSR count). The first-order valence-electron chi connectivity index (χ1n) is 14.2. The minimum absolute atomic E-state index is 0.00678. The van der Waals surface area contributed by atoms with Gasteiger partial charge < -0.3 is 33.5 Å². The summed E-state index contributed by atoms with van der Waals surface area (Å²) in [4.78, 5) is 37.7. The normalized spacial score (nSPS) is 46.5. The molecule has 5 aliphatic rings. The summed E-state index contributed by atoms with van der Waals surface area (Å²) in [5, 5.41) is 11.6. The molecule has 0 aromatic heterocycles. The number of carbonyl (C=O) groups is 3. The molecular formula is C29H42O10. The maximum atomic E-state index is 13.0. The van der Waals surface area contributed by atoms with Gasteiger partial charge in [0.25, 0.3) is 0 Å². The molecule has 10 heteroatoms. The van der Waals surface area contributed by atoms with Crippen LogP contribution in [0, 0.1) is 34.5 Å². The predicted molar refractivity (Wildman–Crippen MR) is 136 cm³/mol. The van der Waals surface area contributed by atoms with Crippen LogP contribution in [0.4, 0.5) is 0 Å². The van der Waals surface area contributed by atoms with Crippen LogP contribution < -0.4 is 0 Å². The highest BCUT2D eigenvalue weighted by Gasteiger charge is 2.81. The lowest BCUT2D eigenvalue weighted by Crippen LogP contribution is -2.74. The van der Waals surface area contributed by atoms with Gasteiger partial charge in [-0.25, -0.2) is 0 Å². The Labute approximate surface area is 229 Å². The fraction of sp³-hybridized carbons (Fsp3) is 0.828. The topological polar surface area (TPSA) is 130 Å². The molecule has 12 atom stereocenters. The third kappa shape index (κ3) is 4.28. The number of carbonyl (C=O) groups excluding carboxylic acids is 3. The summed E-state index contributed by atoms with van der Waals surface area (Å²) in [6.07, 6.45) is 2.38. The molecule has 1 N–H and O–H groups in total. The molecule has 0 amide bonds. The van der Waals surface area contributed by atoms with Crippen LogP contribution in [0.25, 0.3) is 0 Å². The number of ether oxygens (including phenoxy) is 6. The van der Waals surface area contributed by atoms with Gasteiger partial charge in [-0.05, 0) is 43.6 Å². The van der Waals surface area contributed by atoms with E-state index in [1.807, 2.05) is 13.0 Å². The summed E-state index contributed by atoms with van der Waals surface area (Å²) in [5.41, 5.74) is -2.81. The van der Waals surface area contributed by atoms with E-state index < -0.39 is 52.7 Å². The molecule has 4 fully saturated rings. The van der Waals surface area contributed by atoms with Crippen molar-refractivity contribution in [1.29, 1.82) is 0 Å². The van der Waals surface area contributed by atoms with Crippen molar-refractivity contribution in [3.8, 4) is 0 Å². The minimum Gasteiger partial charge on any atom is -0.472 e. The first kappa shape index (κ1) is 28.4. The van der Waals surface area contributed by atoms with Crippen molar-refractivity contribution < 1.29 is 47.9 Å². The number of fused-ring (bicyclic) bond motifs is 3. The van der Waals surface area contributed by atoms with E-state index in [0.717, 1.165) is 6.42 Å². The van der Waals surface area contributed by atoms with Crippen molar-refractivity contribution in [2.45, 2.75) is 104 Å². The maximum absolute atomic E-state index is 13.0. The number of aliphatic hydroxyl groups excluding tert-OH is 1. The number of hydrogen-bond donors (Lipinski definition) is 1. The molecule has 0 unspecified atom stereocenters. The van der Waals surface area contributed by atoms with Crippen LogP contribution in [0.15, 0.2) is 12.3 Å². The number of epoxide rings is 1. The highest BCUT2D eigenvalue weighted by molar-refractivity contribution is 5.72. The second-order valence-corrected chi connectivity index (χ2v) is 12.5. The smallest absolute Gasteiger partial charge is 0.309 e. The van der Waals surface area contributed by atoms with E-state index >= 15 is 0 Å². The van der Waals surface area contributed by atoms with Crippen molar-refractivity contribution in [3.05, 3.63) is 12.3 Å². The van der Waals surface area contributed by atoms with E-state index in [9.17, 15) is 19.5 Å². The third-order valence-corrected chi connectivity index (χ3v) is 10.6. The van der Waals surface area contributed by atoms with Crippen LogP contribution in [-0.2, 0) is 42.8 Å². The van der Waals surface area contributed by atoms with Crippen LogP contribution >= 0.6 is 0 Å². The van der Waals surface area contributed by atoms with Gasteiger partial charge in [-0.3, -0.25) is 14.4 Å². The molecule has 39 heavy (non-hydrogen) atoms. The van der Waals surface area contributed by atoms with Gasteiger partial charge in [-0.15, -0.1) is 0 Å². The molecule has 0 aromatic rings. The molecule has 0 aromatic carbocycles. The molecule has 2 saturated heterocycles. The van der Waals surface area contributed by atoms with Crippen molar-refractivity contribution in [2.24, 2.45) is 34.5 Å². The monoisotopic (exact) mass is 550 g/mol. The number of esters is 3. The first-order valence-corrected chi connectivity index (χ1v) is 14.2. The van der Waals surface area contributed by atoms with E-state index in [-0.39, 0.29) is 55.7 Å². The predicted octanol–water partition coefficient (Wildman–Crippen LogP) is 2.90. The van der Waals surface area contributed by atoms with E-state index in [1.54, 1.807) is 13.2 Å². The van der Waals surface area contributed by atoms with E-state index in [2.05, 4.69) is 13.8 Å². The summed E-state index contributed by atoms with van der Waals surface area (Å²) >= 11 is 0. The molecule has 10 nitrogen and oxygen atoms in total. The average Bonchev–Trinajstić information content (AvgIpc) is 3.36. The summed E-state index contributed by atoms with van der Waals surface area (Å²) in [6, 6.07) is 0. The average molecular weight is 551 g/mol. The SMILES string of the molecule is CC[C@H](C)C(=O)O[C@H]1[C@@H](O)C[C@@H]2[C@@](C)([C@@H]3C[C@H]4C=CO[C@@H]4O3)[C@H](C)C[C@H](OC(C)=O)[C@@]2(COC(C)=O)[C@@]12CO2. The van der Waals surface area contributed by atoms with Gasteiger partial charge in [-0.1, -0.05) is 27.7 Å². The van der Waals surface area contributed by atoms with Gasteiger partial charge in [0, 0.05) is 25.2 Å². The van der Waals surface area contributed by atoms with Crippen molar-refractivity contribution >= 4 is 17.9 Å². The fourth-order valence-electron chi connectivity index (χ4n) is 8.01. The van der Waals surface area contributed by atoms with E-state index in [0.29, 0.717) is 12.8 Å². The highest BCUT2D eigenvalue weighted by Crippen LogP contribution is 2.70. The standard InChI is InChI=1S/C29H42O10/c1-7-15(2)25(33)39-24-20(32)12-21-27(6,22-11-19-8-9-34-26(19)38-22)16(3)10-23(37-18(5)31)28(21,13-35-17(4)30)29(24)14-36-29/h8-9,15-16,19-24,26,32H,7,10-14H2,1-6H3/t15-,16+,19+,20-,21+,22-,23-,24-,26+,27-,28-,29+/m0/s1. The lowest BCUT2D eigenvalue weighted by Gasteiger charge is -2.65. The molecule has 0 bridgehead atoms. The molecule has 3 aliphatic heterocycles. The quantitative estimate of drug-likeness (QED) is 0.287. The largest absolute Gasteiger partial charge is 0.472 e. The zero-order chi connectivity index (χ0) is 28.3. The molecule has 218 valence electrons. The zero-order valence-electron chi connectivity index (χ0n) is 23.7. The van der Waals surface area contributed by atoms with Crippen LogP contribution in [0.3, 0.4) is 0 Å².